The van der Waals surface area contributed by atoms with E-state index < -0.39 is 0 Å². The normalized spacial score (nSPS) is 10.4. The predicted octanol–water partition coefficient (Wildman–Crippen LogP) is 2.57. The minimum absolute atomic E-state index is 0.167. The Morgan fingerprint density at radius 3 is 2.69 bits per heavy atom. The summed E-state index contributed by atoms with van der Waals surface area (Å²) in [5.41, 5.74) is 0.867. The van der Waals surface area contributed by atoms with Gasteiger partial charge in [-0.25, -0.2) is 0 Å². The van der Waals surface area contributed by atoms with Gasteiger partial charge in [0.1, 0.15) is 11.4 Å². The van der Waals surface area contributed by atoms with Crippen LogP contribution in [-0.2, 0) is 7.05 Å². The van der Waals surface area contributed by atoms with Gasteiger partial charge in [-0.05, 0) is 44.0 Å². The Kier molecular flexibility index (Phi) is 3.20. The summed E-state index contributed by atoms with van der Waals surface area (Å²) < 4.78 is 2.86. The van der Waals surface area contributed by atoms with E-state index >= 15 is 0 Å². The summed E-state index contributed by atoms with van der Waals surface area (Å²) in [6.45, 7) is 0. The summed E-state index contributed by atoms with van der Waals surface area (Å²) in [5.74, 6) is -0.167. The molecule has 0 aliphatic carbocycles. The zero-order chi connectivity index (χ0) is 11.7. The van der Waals surface area contributed by atoms with Gasteiger partial charge >= 0.3 is 0 Å². The van der Waals surface area contributed by atoms with Crippen LogP contribution >= 0.6 is 31.9 Å². The summed E-state index contributed by atoms with van der Waals surface area (Å²) in [5, 5.41) is 4.00. The molecule has 2 aromatic heterocycles. The van der Waals surface area contributed by atoms with Crippen molar-refractivity contribution in [3.63, 3.8) is 0 Å². The molecule has 82 valence electrons. The number of aromatic nitrogens is 3. The van der Waals surface area contributed by atoms with Gasteiger partial charge < -0.3 is 0 Å². The fourth-order valence-corrected chi connectivity index (χ4v) is 2.29. The fraction of sp³-hybridized carbons (Fsp3) is 0.100. The first-order valence-corrected chi connectivity index (χ1v) is 6.02. The average molecular weight is 345 g/mol. The number of hydrogen-bond acceptors (Lipinski definition) is 3. The number of rotatable bonds is 2. The van der Waals surface area contributed by atoms with E-state index in [1.807, 2.05) is 0 Å². The molecule has 0 spiro atoms. The minimum atomic E-state index is -0.167. The molecule has 0 N–H and O–H groups in total. The van der Waals surface area contributed by atoms with Crippen LogP contribution < -0.4 is 0 Å². The SMILES string of the molecule is Cn1ncc(Br)c1C(=O)c1ncccc1Br. The number of pyridine rings is 1. The Bertz CT molecular complexity index is 531. The van der Waals surface area contributed by atoms with Gasteiger partial charge in [-0.3, -0.25) is 14.5 Å². The number of hydrogen-bond donors (Lipinski definition) is 0. The van der Waals surface area contributed by atoms with Crippen LogP contribution in [0.25, 0.3) is 0 Å². The Morgan fingerprint density at radius 2 is 2.12 bits per heavy atom. The second-order valence-electron chi connectivity index (χ2n) is 3.13. The van der Waals surface area contributed by atoms with Crippen LogP contribution in [-0.4, -0.2) is 20.5 Å². The van der Waals surface area contributed by atoms with Crippen molar-refractivity contribution in [1.29, 1.82) is 0 Å². The number of carbonyl (C=O) groups excluding carboxylic acids is 1. The quantitative estimate of drug-likeness (QED) is 0.787. The van der Waals surface area contributed by atoms with Crippen LogP contribution in [0.5, 0.6) is 0 Å². The first kappa shape index (κ1) is 11.5. The van der Waals surface area contributed by atoms with Crippen LogP contribution in [0.2, 0.25) is 0 Å². The van der Waals surface area contributed by atoms with Crippen molar-refractivity contribution in [2.45, 2.75) is 0 Å². The molecule has 16 heavy (non-hydrogen) atoms. The largest absolute Gasteiger partial charge is 0.285 e. The molecule has 0 saturated heterocycles. The molecule has 0 radical (unpaired) electrons. The molecule has 2 aromatic rings. The summed E-state index contributed by atoms with van der Waals surface area (Å²) in [4.78, 5) is 16.2. The molecule has 0 aliphatic rings. The first-order valence-electron chi connectivity index (χ1n) is 4.44. The number of nitrogens with zero attached hydrogens (tertiary/aromatic N) is 3. The maximum atomic E-state index is 12.2. The third-order valence-corrected chi connectivity index (χ3v) is 3.30. The number of aryl methyl sites for hydroxylation is 1. The second kappa shape index (κ2) is 4.47. The van der Waals surface area contributed by atoms with Crippen LogP contribution in [0.1, 0.15) is 16.2 Å². The highest BCUT2D eigenvalue weighted by Gasteiger charge is 2.20. The summed E-state index contributed by atoms with van der Waals surface area (Å²) in [6.07, 6.45) is 3.17. The van der Waals surface area contributed by atoms with E-state index in [1.54, 1.807) is 31.6 Å². The van der Waals surface area contributed by atoms with Crippen molar-refractivity contribution in [3.8, 4) is 0 Å². The molecule has 0 aromatic carbocycles. The summed E-state index contributed by atoms with van der Waals surface area (Å²) in [7, 11) is 1.72. The maximum absolute atomic E-state index is 12.2. The van der Waals surface area contributed by atoms with E-state index in [1.165, 1.54) is 4.68 Å². The lowest BCUT2D eigenvalue weighted by atomic mass is 10.2. The molecule has 0 saturated carbocycles. The van der Waals surface area contributed by atoms with Crippen molar-refractivity contribution in [1.82, 2.24) is 14.8 Å². The van der Waals surface area contributed by atoms with Gasteiger partial charge in [0.2, 0.25) is 5.78 Å². The highest BCUT2D eigenvalue weighted by molar-refractivity contribution is 9.10. The van der Waals surface area contributed by atoms with Crippen molar-refractivity contribution in [3.05, 3.63) is 44.9 Å². The molecular formula is C10H7Br2N3O. The number of carbonyl (C=O) groups is 1. The molecule has 0 bridgehead atoms. The van der Waals surface area contributed by atoms with E-state index in [0.29, 0.717) is 20.3 Å². The lowest BCUT2D eigenvalue weighted by Crippen LogP contribution is -2.11. The summed E-state index contributed by atoms with van der Waals surface area (Å²) >= 11 is 6.60. The molecule has 0 fully saturated rings. The van der Waals surface area contributed by atoms with Crippen molar-refractivity contribution in [2.24, 2.45) is 7.05 Å². The van der Waals surface area contributed by atoms with Crippen LogP contribution in [0, 0.1) is 0 Å². The molecule has 0 unspecified atom stereocenters. The zero-order valence-corrected chi connectivity index (χ0v) is 11.5. The third-order valence-electron chi connectivity index (χ3n) is 2.08. The zero-order valence-electron chi connectivity index (χ0n) is 8.32. The van der Waals surface area contributed by atoms with Gasteiger partial charge in [0.25, 0.3) is 0 Å². The van der Waals surface area contributed by atoms with E-state index in [0.717, 1.165) is 0 Å². The number of halogens is 2. The van der Waals surface area contributed by atoms with E-state index in [2.05, 4.69) is 41.9 Å². The molecule has 0 atom stereocenters. The highest BCUT2D eigenvalue weighted by atomic mass is 79.9. The fourth-order valence-electron chi connectivity index (χ4n) is 1.33. The average Bonchev–Trinajstić information content (AvgIpc) is 2.58. The molecule has 0 aliphatic heterocycles. The van der Waals surface area contributed by atoms with Gasteiger partial charge in [-0.15, -0.1) is 0 Å². The predicted molar refractivity (Wildman–Crippen MR) is 66.3 cm³/mol. The Hall–Kier alpha value is -1.01. The summed E-state index contributed by atoms with van der Waals surface area (Å²) in [6, 6.07) is 3.55. The second-order valence-corrected chi connectivity index (χ2v) is 4.84. The van der Waals surface area contributed by atoms with Crippen molar-refractivity contribution in [2.75, 3.05) is 0 Å². The van der Waals surface area contributed by atoms with Crippen LogP contribution in [0.4, 0.5) is 0 Å². The maximum Gasteiger partial charge on any atom is 0.231 e. The van der Waals surface area contributed by atoms with Gasteiger partial charge in [0.15, 0.2) is 0 Å². The third kappa shape index (κ3) is 1.94. The molecule has 6 heteroatoms. The van der Waals surface area contributed by atoms with Crippen molar-refractivity contribution < 1.29 is 4.79 Å². The number of ketones is 1. The Balaban J connectivity index is 2.52. The standard InChI is InChI=1S/C10H7Br2N3O/c1-15-9(7(12)5-14-15)10(16)8-6(11)3-2-4-13-8/h2-5H,1H3. The topological polar surface area (TPSA) is 47.8 Å². The van der Waals surface area contributed by atoms with Gasteiger partial charge in [0, 0.05) is 17.7 Å². The van der Waals surface area contributed by atoms with Gasteiger partial charge in [0.05, 0.1) is 10.7 Å². The minimum Gasteiger partial charge on any atom is -0.285 e. The smallest absolute Gasteiger partial charge is 0.231 e. The van der Waals surface area contributed by atoms with Gasteiger partial charge in [-0.1, -0.05) is 0 Å². The Labute approximate surface area is 109 Å². The highest BCUT2D eigenvalue weighted by Crippen LogP contribution is 2.22. The molecule has 0 amide bonds. The lowest BCUT2D eigenvalue weighted by molar-refractivity contribution is 0.102. The van der Waals surface area contributed by atoms with Gasteiger partial charge in [-0.2, -0.15) is 5.10 Å². The molecule has 2 heterocycles. The lowest BCUT2D eigenvalue weighted by Gasteiger charge is -2.03. The first-order chi connectivity index (χ1) is 7.61. The van der Waals surface area contributed by atoms with Crippen LogP contribution in [0.3, 0.4) is 0 Å². The van der Waals surface area contributed by atoms with Crippen LogP contribution in [0.15, 0.2) is 33.5 Å². The Morgan fingerprint density at radius 1 is 1.38 bits per heavy atom. The molecular weight excluding hydrogens is 338 g/mol. The molecule has 4 nitrogen and oxygen atoms in total. The van der Waals surface area contributed by atoms with E-state index in [-0.39, 0.29) is 5.78 Å². The van der Waals surface area contributed by atoms with Crippen molar-refractivity contribution >= 4 is 37.6 Å². The van der Waals surface area contributed by atoms with E-state index in [4.69, 9.17) is 0 Å². The molecule has 2 rings (SSSR count). The monoisotopic (exact) mass is 343 g/mol. The van der Waals surface area contributed by atoms with E-state index in [9.17, 15) is 4.79 Å².